The highest BCUT2D eigenvalue weighted by molar-refractivity contribution is 9.10. The molecule has 1 saturated carbocycles. The summed E-state index contributed by atoms with van der Waals surface area (Å²) in [5, 5.41) is 3.47. The molecule has 0 radical (unpaired) electrons. The predicted octanol–water partition coefficient (Wildman–Crippen LogP) is 4.42. The molecule has 2 aromatic rings. The maximum absolute atomic E-state index is 13.7. The van der Waals surface area contributed by atoms with E-state index in [2.05, 4.69) is 21.2 Å². The second-order valence-corrected chi connectivity index (χ2v) is 6.20. The Bertz CT molecular complexity index is 628. The predicted molar refractivity (Wildman–Crippen MR) is 84.7 cm³/mol. The van der Waals surface area contributed by atoms with Gasteiger partial charge in [0.15, 0.2) is 0 Å². The van der Waals surface area contributed by atoms with Crippen LogP contribution in [0.25, 0.3) is 0 Å². The second kappa shape index (κ2) is 6.58. The van der Waals surface area contributed by atoms with Gasteiger partial charge in [0.1, 0.15) is 18.2 Å². The minimum Gasteiger partial charge on any atom is -0.488 e. The van der Waals surface area contributed by atoms with Gasteiger partial charge in [-0.1, -0.05) is 34.1 Å². The van der Waals surface area contributed by atoms with Gasteiger partial charge < -0.3 is 10.1 Å². The molecule has 1 aliphatic rings. The number of halogens is 2. The molecule has 1 aliphatic carbocycles. The zero-order valence-corrected chi connectivity index (χ0v) is 13.2. The van der Waals surface area contributed by atoms with Gasteiger partial charge in [0, 0.05) is 28.2 Å². The summed E-state index contributed by atoms with van der Waals surface area (Å²) in [6, 6.07) is 13.4. The van der Waals surface area contributed by atoms with E-state index in [4.69, 9.17) is 4.74 Å². The fraction of sp³-hybridized carbons (Fsp3) is 0.294. The first kappa shape index (κ1) is 14.5. The molecule has 1 N–H and O–H groups in total. The lowest BCUT2D eigenvalue weighted by molar-refractivity contribution is 0.296. The molecule has 1 fully saturated rings. The van der Waals surface area contributed by atoms with Crippen molar-refractivity contribution in [3.05, 3.63) is 63.9 Å². The molecule has 0 saturated heterocycles. The van der Waals surface area contributed by atoms with Crippen LogP contribution in [0.3, 0.4) is 0 Å². The number of nitrogens with one attached hydrogen (secondary N) is 1. The number of ether oxygens (including phenoxy) is 1. The normalized spacial score (nSPS) is 14.2. The molecule has 0 heterocycles. The summed E-state index contributed by atoms with van der Waals surface area (Å²) in [6.07, 6.45) is 2.51. The van der Waals surface area contributed by atoms with Crippen LogP contribution in [-0.2, 0) is 13.2 Å². The van der Waals surface area contributed by atoms with Crippen LogP contribution >= 0.6 is 15.9 Å². The Morgan fingerprint density at radius 3 is 2.76 bits per heavy atom. The summed E-state index contributed by atoms with van der Waals surface area (Å²) >= 11 is 3.35. The SMILES string of the molecule is Fc1ccc(Br)cc1COc1ccccc1CNC1CC1. The Labute approximate surface area is 132 Å². The third-order valence-corrected chi connectivity index (χ3v) is 4.02. The Kier molecular flexibility index (Phi) is 4.56. The molecule has 0 amide bonds. The van der Waals surface area contributed by atoms with Crippen molar-refractivity contribution in [3.63, 3.8) is 0 Å². The van der Waals surface area contributed by atoms with Gasteiger partial charge in [-0.3, -0.25) is 0 Å². The average molecular weight is 350 g/mol. The van der Waals surface area contributed by atoms with Crippen LogP contribution < -0.4 is 10.1 Å². The first-order valence-electron chi connectivity index (χ1n) is 7.10. The van der Waals surface area contributed by atoms with Crippen molar-refractivity contribution in [2.75, 3.05) is 0 Å². The summed E-state index contributed by atoms with van der Waals surface area (Å²) in [4.78, 5) is 0. The standard InChI is InChI=1S/C17H17BrFNO/c18-14-5-8-16(19)13(9-14)11-21-17-4-2-1-3-12(17)10-20-15-6-7-15/h1-5,8-9,15,20H,6-7,10-11H2. The Hall–Kier alpha value is -1.39. The van der Waals surface area contributed by atoms with Gasteiger partial charge in [0.05, 0.1) is 0 Å². The molecule has 2 nitrogen and oxygen atoms in total. The molecule has 21 heavy (non-hydrogen) atoms. The zero-order valence-electron chi connectivity index (χ0n) is 11.6. The quantitative estimate of drug-likeness (QED) is 0.833. The van der Waals surface area contributed by atoms with Crippen LogP contribution in [0.15, 0.2) is 46.9 Å². The van der Waals surface area contributed by atoms with Crippen molar-refractivity contribution >= 4 is 15.9 Å². The summed E-state index contributed by atoms with van der Waals surface area (Å²) in [5.74, 6) is 0.566. The number of rotatable bonds is 6. The highest BCUT2D eigenvalue weighted by Crippen LogP contribution is 2.24. The summed E-state index contributed by atoms with van der Waals surface area (Å²) in [7, 11) is 0. The van der Waals surface area contributed by atoms with Crippen LogP contribution in [0.4, 0.5) is 4.39 Å². The molecule has 4 heteroatoms. The van der Waals surface area contributed by atoms with Crippen molar-refractivity contribution < 1.29 is 9.13 Å². The number of hydrogen-bond acceptors (Lipinski definition) is 2. The van der Waals surface area contributed by atoms with E-state index in [1.54, 1.807) is 12.1 Å². The molecular formula is C17H17BrFNO. The van der Waals surface area contributed by atoms with E-state index >= 15 is 0 Å². The van der Waals surface area contributed by atoms with Crippen molar-refractivity contribution in [1.82, 2.24) is 5.32 Å². The lowest BCUT2D eigenvalue weighted by atomic mass is 10.2. The van der Waals surface area contributed by atoms with Crippen LogP contribution in [0.5, 0.6) is 5.75 Å². The van der Waals surface area contributed by atoms with E-state index in [1.807, 2.05) is 24.3 Å². The van der Waals surface area contributed by atoms with Crippen molar-refractivity contribution in [1.29, 1.82) is 0 Å². The molecule has 3 rings (SSSR count). The van der Waals surface area contributed by atoms with Crippen LogP contribution in [0.2, 0.25) is 0 Å². The number of para-hydroxylation sites is 1. The van der Waals surface area contributed by atoms with E-state index in [0.717, 1.165) is 22.3 Å². The monoisotopic (exact) mass is 349 g/mol. The van der Waals surface area contributed by atoms with Crippen LogP contribution in [0.1, 0.15) is 24.0 Å². The topological polar surface area (TPSA) is 21.3 Å². The summed E-state index contributed by atoms with van der Waals surface area (Å²) in [6.45, 7) is 1.02. The number of benzene rings is 2. The molecular weight excluding hydrogens is 333 g/mol. The minimum atomic E-state index is -0.244. The maximum atomic E-state index is 13.7. The summed E-state index contributed by atoms with van der Waals surface area (Å²) in [5.41, 5.74) is 1.66. The fourth-order valence-electron chi connectivity index (χ4n) is 2.14. The van der Waals surface area contributed by atoms with Gasteiger partial charge in [0.25, 0.3) is 0 Å². The van der Waals surface area contributed by atoms with Crippen LogP contribution in [-0.4, -0.2) is 6.04 Å². The maximum Gasteiger partial charge on any atom is 0.129 e. The van der Waals surface area contributed by atoms with Gasteiger partial charge in [-0.2, -0.15) is 0 Å². The summed E-state index contributed by atoms with van der Waals surface area (Å²) < 4.78 is 20.4. The average Bonchev–Trinajstić information content (AvgIpc) is 3.31. The lowest BCUT2D eigenvalue weighted by Gasteiger charge is -2.12. The minimum absolute atomic E-state index is 0.228. The molecule has 0 aliphatic heterocycles. The van der Waals surface area contributed by atoms with Crippen molar-refractivity contribution in [2.24, 2.45) is 0 Å². The fourth-order valence-corrected chi connectivity index (χ4v) is 2.55. The van der Waals surface area contributed by atoms with Crippen LogP contribution in [0, 0.1) is 5.82 Å². The highest BCUT2D eigenvalue weighted by Gasteiger charge is 2.20. The molecule has 110 valence electrons. The Morgan fingerprint density at radius 2 is 1.95 bits per heavy atom. The third-order valence-electron chi connectivity index (χ3n) is 3.52. The van der Waals surface area contributed by atoms with E-state index in [-0.39, 0.29) is 12.4 Å². The van der Waals surface area contributed by atoms with Gasteiger partial charge in [-0.25, -0.2) is 4.39 Å². The first-order chi connectivity index (χ1) is 10.2. The van der Waals surface area contributed by atoms with Crippen molar-refractivity contribution in [3.8, 4) is 5.75 Å². The Morgan fingerprint density at radius 1 is 1.14 bits per heavy atom. The van der Waals surface area contributed by atoms with Gasteiger partial charge >= 0.3 is 0 Å². The molecule has 2 aromatic carbocycles. The molecule has 0 unspecified atom stereocenters. The van der Waals surface area contributed by atoms with Gasteiger partial charge in [0.2, 0.25) is 0 Å². The number of hydrogen-bond donors (Lipinski definition) is 1. The smallest absolute Gasteiger partial charge is 0.129 e. The van der Waals surface area contributed by atoms with E-state index in [9.17, 15) is 4.39 Å². The zero-order chi connectivity index (χ0) is 14.7. The molecule has 0 aromatic heterocycles. The third kappa shape index (κ3) is 4.05. The van der Waals surface area contributed by atoms with E-state index in [0.29, 0.717) is 11.6 Å². The molecule has 0 spiro atoms. The highest BCUT2D eigenvalue weighted by atomic mass is 79.9. The van der Waals surface area contributed by atoms with Crippen molar-refractivity contribution in [2.45, 2.75) is 32.0 Å². The van der Waals surface area contributed by atoms with Gasteiger partial charge in [-0.05, 0) is 37.1 Å². The lowest BCUT2D eigenvalue weighted by Crippen LogP contribution is -2.16. The van der Waals surface area contributed by atoms with E-state index in [1.165, 1.54) is 18.9 Å². The first-order valence-corrected chi connectivity index (χ1v) is 7.89. The largest absolute Gasteiger partial charge is 0.488 e. The molecule has 0 bridgehead atoms. The molecule has 0 atom stereocenters. The van der Waals surface area contributed by atoms with Gasteiger partial charge in [-0.15, -0.1) is 0 Å². The second-order valence-electron chi connectivity index (χ2n) is 5.29. The van der Waals surface area contributed by atoms with E-state index < -0.39 is 0 Å². The Balaban J connectivity index is 1.67.